The number of nitrogens with one attached hydrogen (secondary N) is 1. The Morgan fingerprint density at radius 2 is 2.30 bits per heavy atom. The number of carbonyl (C=O) groups is 1. The van der Waals surface area contributed by atoms with E-state index in [9.17, 15) is 4.79 Å². The van der Waals surface area contributed by atoms with Crippen molar-refractivity contribution in [1.29, 1.82) is 0 Å². The van der Waals surface area contributed by atoms with Crippen LogP contribution in [-0.4, -0.2) is 36.4 Å². The lowest BCUT2D eigenvalue weighted by molar-refractivity contribution is 0.0945. The van der Waals surface area contributed by atoms with Crippen LogP contribution >= 0.6 is 22.7 Å². The Kier molecular flexibility index (Phi) is 4.74. The lowest BCUT2D eigenvalue weighted by Crippen LogP contribution is -2.34. The molecule has 5 nitrogen and oxygen atoms in total. The van der Waals surface area contributed by atoms with Crippen molar-refractivity contribution in [1.82, 2.24) is 15.2 Å². The van der Waals surface area contributed by atoms with E-state index in [0.29, 0.717) is 22.2 Å². The second kappa shape index (κ2) is 6.34. The molecule has 2 aromatic heterocycles. The fourth-order valence-electron chi connectivity index (χ4n) is 1.92. The Morgan fingerprint density at radius 3 is 2.80 bits per heavy atom. The van der Waals surface area contributed by atoms with Crippen molar-refractivity contribution < 1.29 is 4.79 Å². The Balaban J connectivity index is 2.03. The molecule has 0 bridgehead atoms. The number of amides is 1. The Hall–Kier alpha value is -1.44. The minimum atomic E-state index is -0.111. The molecule has 0 aliphatic carbocycles. The number of hydrogen-bond donors (Lipinski definition) is 2. The standard InChI is InChI=1S/C13H18N4OS2/c1-8-11(20-13(14)16-8)12(18)15-7-9(17(2)3)10-5-4-6-19-10/h4-6,9H,7H2,1-3H3,(H2,14,16)(H,15,18). The molecule has 2 heterocycles. The van der Waals surface area contributed by atoms with Crippen LogP contribution in [0.3, 0.4) is 0 Å². The molecule has 0 aliphatic heterocycles. The van der Waals surface area contributed by atoms with Crippen molar-refractivity contribution in [3.05, 3.63) is 33.0 Å². The maximum atomic E-state index is 12.2. The number of nitrogen functional groups attached to an aromatic ring is 1. The monoisotopic (exact) mass is 310 g/mol. The summed E-state index contributed by atoms with van der Waals surface area (Å²) in [6.45, 7) is 2.36. The van der Waals surface area contributed by atoms with Gasteiger partial charge < -0.3 is 16.0 Å². The minimum Gasteiger partial charge on any atom is -0.375 e. The summed E-state index contributed by atoms with van der Waals surface area (Å²) in [5.41, 5.74) is 6.30. The molecule has 1 unspecified atom stereocenters. The smallest absolute Gasteiger partial charge is 0.263 e. The topological polar surface area (TPSA) is 71.2 Å². The number of likely N-dealkylation sites (N-methyl/N-ethyl adjacent to an activating group) is 1. The van der Waals surface area contributed by atoms with E-state index in [1.54, 1.807) is 18.3 Å². The molecule has 1 amide bonds. The molecule has 0 saturated heterocycles. The van der Waals surface area contributed by atoms with Crippen molar-refractivity contribution in [3.8, 4) is 0 Å². The van der Waals surface area contributed by atoms with Gasteiger partial charge in [0.25, 0.3) is 5.91 Å². The molecule has 0 radical (unpaired) electrons. The van der Waals surface area contributed by atoms with E-state index >= 15 is 0 Å². The van der Waals surface area contributed by atoms with Gasteiger partial charge in [0.1, 0.15) is 4.88 Å². The van der Waals surface area contributed by atoms with Gasteiger partial charge in [-0.05, 0) is 32.5 Å². The Labute approximate surface area is 126 Å². The Bertz CT molecular complexity index is 577. The van der Waals surface area contributed by atoms with Crippen molar-refractivity contribution in [3.63, 3.8) is 0 Å². The van der Waals surface area contributed by atoms with Crippen LogP contribution in [0, 0.1) is 6.92 Å². The highest BCUT2D eigenvalue weighted by Gasteiger charge is 2.19. The number of carbonyl (C=O) groups excluding carboxylic acids is 1. The van der Waals surface area contributed by atoms with E-state index in [0.717, 1.165) is 0 Å². The summed E-state index contributed by atoms with van der Waals surface area (Å²) in [5.74, 6) is -0.111. The second-order valence-electron chi connectivity index (χ2n) is 4.67. The van der Waals surface area contributed by atoms with E-state index in [1.165, 1.54) is 16.2 Å². The number of hydrogen-bond acceptors (Lipinski definition) is 6. The van der Waals surface area contributed by atoms with E-state index in [2.05, 4.69) is 21.3 Å². The summed E-state index contributed by atoms with van der Waals surface area (Å²) >= 11 is 2.92. The van der Waals surface area contributed by atoms with Crippen LogP contribution in [0.5, 0.6) is 0 Å². The van der Waals surface area contributed by atoms with E-state index in [1.807, 2.05) is 25.5 Å². The van der Waals surface area contributed by atoms with Gasteiger partial charge in [-0.3, -0.25) is 4.79 Å². The third kappa shape index (κ3) is 3.36. The highest BCUT2D eigenvalue weighted by molar-refractivity contribution is 7.17. The molecular formula is C13H18N4OS2. The van der Waals surface area contributed by atoms with Crippen molar-refractivity contribution in [2.75, 3.05) is 26.4 Å². The largest absolute Gasteiger partial charge is 0.375 e. The van der Waals surface area contributed by atoms with Gasteiger partial charge in [0, 0.05) is 11.4 Å². The van der Waals surface area contributed by atoms with Gasteiger partial charge in [0.2, 0.25) is 0 Å². The minimum absolute atomic E-state index is 0.111. The lowest BCUT2D eigenvalue weighted by Gasteiger charge is -2.23. The van der Waals surface area contributed by atoms with Gasteiger partial charge in [-0.2, -0.15) is 0 Å². The highest BCUT2D eigenvalue weighted by Crippen LogP contribution is 2.23. The quantitative estimate of drug-likeness (QED) is 0.887. The summed E-state index contributed by atoms with van der Waals surface area (Å²) in [4.78, 5) is 20.2. The SMILES string of the molecule is Cc1nc(N)sc1C(=O)NCC(c1cccs1)N(C)C. The molecule has 2 aromatic rings. The molecule has 3 N–H and O–H groups in total. The van der Waals surface area contributed by atoms with Gasteiger partial charge in [-0.1, -0.05) is 17.4 Å². The predicted molar refractivity (Wildman–Crippen MR) is 84.3 cm³/mol. The zero-order chi connectivity index (χ0) is 14.7. The second-order valence-corrected chi connectivity index (χ2v) is 6.68. The van der Waals surface area contributed by atoms with Gasteiger partial charge >= 0.3 is 0 Å². The number of nitrogens with zero attached hydrogens (tertiary/aromatic N) is 2. The first-order valence-corrected chi connectivity index (χ1v) is 7.89. The molecule has 0 fully saturated rings. The number of aryl methyl sites for hydroxylation is 1. The maximum absolute atomic E-state index is 12.2. The molecule has 20 heavy (non-hydrogen) atoms. The first-order chi connectivity index (χ1) is 9.49. The van der Waals surface area contributed by atoms with E-state index in [-0.39, 0.29) is 11.9 Å². The lowest BCUT2D eigenvalue weighted by atomic mass is 10.2. The van der Waals surface area contributed by atoms with E-state index in [4.69, 9.17) is 5.73 Å². The van der Waals surface area contributed by atoms with Crippen LogP contribution in [-0.2, 0) is 0 Å². The number of rotatable bonds is 5. The Morgan fingerprint density at radius 1 is 1.55 bits per heavy atom. The summed E-state index contributed by atoms with van der Waals surface area (Å²) in [6, 6.07) is 4.27. The van der Waals surface area contributed by atoms with Crippen LogP contribution in [0.1, 0.15) is 26.3 Å². The zero-order valence-electron chi connectivity index (χ0n) is 11.7. The fourth-order valence-corrected chi connectivity index (χ4v) is 3.59. The average Bonchev–Trinajstić information content (AvgIpc) is 2.99. The molecule has 0 saturated carbocycles. The predicted octanol–water partition coefficient (Wildman–Crippen LogP) is 2.13. The van der Waals surface area contributed by atoms with E-state index < -0.39 is 0 Å². The maximum Gasteiger partial charge on any atom is 0.263 e. The third-order valence-corrected chi connectivity index (χ3v) is 4.93. The van der Waals surface area contributed by atoms with Crippen LogP contribution in [0.4, 0.5) is 5.13 Å². The molecule has 108 valence electrons. The van der Waals surface area contributed by atoms with Crippen LogP contribution in [0.15, 0.2) is 17.5 Å². The summed E-state index contributed by atoms with van der Waals surface area (Å²) in [7, 11) is 4.01. The van der Waals surface area contributed by atoms with Gasteiger partial charge in [0.15, 0.2) is 5.13 Å². The fraction of sp³-hybridized carbons (Fsp3) is 0.385. The average molecular weight is 310 g/mol. The summed E-state index contributed by atoms with van der Waals surface area (Å²) < 4.78 is 0. The van der Waals surface area contributed by atoms with Crippen LogP contribution in [0.2, 0.25) is 0 Å². The van der Waals surface area contributed by atoms with Crippen LogP contribution in [0.25, 0.3) is 0 Å². The molecule has 7 heteroatoms. The normalized spacial score (nSPS) is 12.6. The number of thiazole rings is 1. The summed E-state index contributed by atoms with van der Waals surface area (Å²) in [5, 5.41) is 5.43. The molecule has 0 spiro atoms. The first-order valence-electron chi connectivity index (χ1n) is 6.20. The molecular weight excluding hydrogens is 292 g/mol. The van der Waals surface area contributed by atoms with Gasteiger partial charge in [-0.15, -0.1) is 11.3 Å². The van der Waals surface area contributed by atoms with Gasteiger partial charge in [0.05, 0.1) is 11.7 Å². The number of nitrogens with two attached hydrogens (primary N) is 1. The molecule has 2 rings (SSSR count). The third-order valence-electron chi connectivity index (χ3n) is 2.97. The number of anilines is 1. The number of aromatic nitrogens is 1. The molecule has 0 aromatic carbocycles. The molecule has 0 aliphatic rings. The molecule has 1 atom stereocenters. The zero-order valence-corrected chi connectivity index (χ0v) is 13.3. The van der Waals surface area contributed by atoms with Crippen molar-refractivity contribution in [2.45, 2.75) is 13.0 Å². The van der Waals surface area contributed by atoms with Crippen molar-refractivity contribution >= 4 is 33.7 Å². The van der Waals surface area contributed by atoms with Crippen LogP contribution < -0.4 is 11.1 Å². The summed E-state index contributed by atoms with van der Waals surface area (Å²) in [6.07, 6.45) is 0. The van der Waals surface area contributed by atoms with Gasteiger partial charge in [-0.25, -0.2) is 4.98 Å². The highest BCUT2D eigenvalue weighted by atomic mass is 32.1. The number of thiophene rings is 1. The first kappa shape index (κ1) is 15.0. The van der Waals surface area contributed by atoms with Crippen molar-refractivity contribution in [2.24, 2.45) is 0 Å².